The molecule has 0 radical (unpaired) electrons. The maximum atomic E-state index is 5.26. The lowest BCUT2D eigenvalue weighted by molar-refractivity contribution is 1.08. The normalized spacial score (nSPS) is 11.7. The lowest BCUT2D eigenvalue weighted by Gasteiger charge is -2.11. The van der Waals surface area contributed by atoms with Crippen molar-refractivity contribution < 1.29 is 0 Å². The summed E-state index contributed by atoms with van der Waals surface area (Å²) < 4.78 is 5.02. The third kappa shape index (κ3) is 5.98. The fraction of sp³-hybridized carbons (Fsp3) is 0. The van der Waals surface area contributed by atoms with E-state index in [0.29, 0.717) is 17.5 Å². The summed E-state index contributed by atoms with van der Waals surface area (Å²) in [7, 11) is 0. The van der Waals surface area contributed by atoms with Crippen molar-refractivity contribution in [2.24, 2.45) is 0 Å². The minimum absolute atomic E-state index is 0.645. The SMILES string of the molecule is c1ccc(-c2cccc(-c3nc(-c4ccccc4)nc(-c4cccc5sc6ccc(-c7cc(-c8ccccc8)c8c(c7)sc7cc9ccccc9cc78)cc6c45)n3)c2)cc1. The third-order valence-electron chi connectivity index (χ3n) is 11.5. The van der Waals surface area contributed by atoms with E-state index in [-0.39, 0.29) is 0 Å². The Morgan fingerprint density at radius 2 is 0.833 bits per heavy atom. The first kappa shape index (κ1) is 34.7. The fourth-order valence-electron chi connectivity index (χ4n) is 8.61. The van der Waals surface area contributed by atoms with Gasteiger partial charge in [-0.2, -0.15) is 0 Å². The van der Waals surface area contributed by atoms with Crippen molar-refractivity contribution in [2.45, 2.75) is 0 Å². The summed E-state index contributed by atoms with van der Waals surface area (Å²) >= 11 is 3.69. The molecule has 3 nitrogen and oxygen atoms in total. The molecule has 0 aliphatic carbocycles. The highest BCUT2D eigenvalue weighted by atomic mass is 32.1. The lowest BCUT2D eigenvalue weighted by Crippen LogP contribution is -2.00. The number of nitrogens with zero attached hydrogens (tertiary/aromatic N) is 3. The lowest BCUT2D eigenvalue weighted by atomic mass is 9.93. The Hall–Kier alpha value is -7.31. The Kier molecular flexibility index (Phi) is 8.22. The highest BCUT2D eigenvalue weighted by molar-refractivity contribution is 7.26. The van der Waals surface area contributed by atoms with E-state index >= 15 is 0 Å². The van der Waals surface area contributed by atoms with Gasteiger partial charge < -0.3 is 0 Å². The van der Waals surface area contributed by atoms with Crippen molar-refractivity contribution in [3.8, 4) is 67.5 Å². The molecular formula is C55H33N3S2. The molecule has 0 aliphatic heterocycles. The molecule has 12 aromatic rings. The largest absolute Gasteiger partial charge is 0.208 e. The molecule has 12 rings (SSSR count). The number of rotatable bonds is 6. The second kappa shape index (κ2) is 14.2. The average Bonchev–Trinajstić information content (AvgIpc) is 3.88. The Morgan fingerprint density at radius 3 is 1.62 bits per heavy atom. The van der Waals surface area contributed by atoms with E-state index in [2.05, 4.69) is 176 Å². The fourth-order valence-corrected chi connectivity index (χ4v) is 10.9. The maximum absolute atomic E-state index is 5.26. The standard InChI is InChI=1S/C55H33N3S2/c1-4-14-34(15-5-1)37-22-12-23-41(28-37)54-56-53(36-18-8-3-9-19-36)57-55(58-54)43-24-13-25-48-51(43)45-30-40(26-27-47(45)59-48)42-31-44(35-16-6-2-7-17-35)52-46-29-38-20-10-11-21-39(38)32-49(46)60-50(52)33-42/h1-33H. The molecule has 0 N–H and O–H groups in total. The number of benzene rings is 9. The quantitative estimate of drug-likeness (QED) is 0.168. The van der Waals surface area contributed by atoms with Crippen molar-refractivity contribution in [2.75, 3.05) is 0 Å². The highest BCUT2D eigenvalue weighted by Gasteiger charge is 2.19. The maximum Gasteiger partial charge on any atom is 0.164 e. The van der Waals surface area contributed by atoms with Crippen molar-refractivity contribution >= 4 is 73.8 Å². The first-order valence-corrected chi connectivity index (χ1v) is 21.7. The average molecular weight is 800 g/mol. The van der Waals surface area contributed by atoms with E-state index < -0.39 is 0 Å². The molecule has 0 fully saturated rings. The van der Waals surface area contributed by atoms with Crippen molar-refractivity contribution in [3.05, 3.63) is 200 Å². The molecule has 0 bridgehead atoms. The summed E-state index contributed by atoms with van der Waals surface area (Å²) in [5.74, 6) is 1.95. The van der Waals surface area contributed by atoms with Gasteiger partial charge in [-0.05, 0) is 92.7 Å². The molecule has 0 saturated carbocycles. The van der Waals surface area contributed by atoms with E-state index in [1.54, 1.807) is 0 Å². The second-order valence-corrected chi connectivity index (χ2v) is 17.3. The summed E-state index contributed by atoms with van der Waals surface area (Å²) in [5, 5.41) is 7.51. The molecule has 0 atom stereocenters. The first-order chi connectivity index (χ1) is 29.7. The molecule has 280 valence electrons. The van der Waals surface area contributed by atoms with Crippen LogP contribution in [0, 0.1) is 0 Å². The molecule has 3 aromatic heterocycles. The monoisotopic (exact) mass is 799 g/mol. The molecule has 60 heavy (non-hydrogen) atoms. The van der Waals surface area contributed by atoms with Crippen LogP contribution in [0.15, 0.2) is 200 Å². The molecule has 0 amide bonds. The van der Waals surface area contributed by atoms with Crippen LogP contribution in [0.3, 0.4) is 0 Å². The van der Waals surface area contributed by atoms with Crippen LogP contribution in [0.2, 0.25) is 0 Å². The number of fused-ring (bicyclic) bond motifs is 7. The van der Waals surface area contributed by atoms with Crippen LogP contribution in [0.4, 0.5) is 0 Å². The number of hydrogen-bond acceptors (Lipinski definition) is 5. The van der Waals surface area contributed by atoms with E-state index in [0.717, 1.165) is 33.2 Å². The van der Waals surface area contributed by atoms with Crippen LogP contribution >= 0.6 is 22.7 Å². The third-order valence-corrected chi connectivity index (χ3v) is 13.7. The van der Waals surface area contributed by atoms with Gasteiger partial charge in [0.2, 0.25) is 0 Å². The summed E-state index contributed by atoms with van der Waals surface area (Å²) in [6.07, 6.45) is 0. The molecule has 9 aromatic carbocycles. The first-order valence-electron chi connectivity index (χ1n) is 20.1. The van der Waals surface area contributed by atoms with E-state index in [4.69, 9.17) is 15.0 Å². The Balaban J connectivity index is 1.05. The van der Waals surface area contributed by atoms with Crippen LogP contribution in [0.5, 0.6) is 0 Å². The minimum Gasteiger partial charge on any atom is -0.208 e. The molecule has 0 aliphatic rings. The predicted octanol–water partition coefficient (Wildman–Crippen LogP) is 15.8. The van der Waals surface area contributed by atoms with Gasteiger partial charge in [0.15, 0.2) is 17.5 Å². The molecule has 0 unspecified atom stereocenters. The molecule has 0 saturated heterocycles. The van der Waals surface area contributed by atoms with E-state index in [9.17, 15) is 0 Å². The van der Waals surface area contributed by atoms with E-state index in [1.807, 2.05) is 46.9 Å². The van der Waals surface area contributed by atoms with Gasteiger partial charge in [0.25, 0.3) is 0 Å². The number of thiophene rings is 2. The highest BCUT2D eigenvalue weighted by Crippen LogP contribution is 2.46. The zero-order chi connectivity index (χ0) is 39.6. The van der Waals surface area contributed by atoms with Gasteiger partial charge in [0, 0.05) is 57.0 Å². The van der Waals surface area contributed by atoms with Crippen molar-refractivity contribution in [1.82, 2.24) is 15.0 Å². The zero-order valence-electron chi connectivity index (χ0n) is 32.2. The van der Waals surface area contributed by atoms with Gasteiger partial charge >= 0.3 is 0 Å². The topological polar surface area (TPSA) is 38.7 Å². The number of hydrogen-bond donors (Lipinski definition) is 0. The van der Waals surface area contributed by atoms with Crippen molar-refractivity contribution in [3.63, 3.8) is 0 Å². The summed E-state index contributed by atoms with van der Waals surface area (Å²) in [6, 6.07) is 71.6. The molecule has 3 heterocycles. The van der Waals surface area contributed by atoms with Crippen molar-refractivity contribution in [1.29, 1.82) is 0 Å². The van der Waals surface area contributed by atoms with Gasteiger partial charge in [-0.25, -0.2) is 15.0 Å². The summed E-state index contributed by atoms with van der Waals surface area (Å²) in [6.45, 7) is 0. The molecule has 5 heteroatoms. The van der Waals surface area contributed by atoms with Crippen LogP contribution in [0.1, 0.15) is 0 Å². The summed E-state index contributed by atoms with van der Waals surface area (Å²) in [5.41, 5.74) is 10.0. The second-order valence-electron chi connectivity index (χ2n) is 15.2. The Morgan fingerprint density at radius 1 is 0.267 bits per heavy atom. The minimum atomic E-state index is 0.645. The van der Waals surface area contributed by atoms with Crippen LogP contribution < -0.4 is 0 Å². The van der Waals surface area contributed by atoms with E-state index in [1.165, 1.54) is 68.0 Å². The summed E-state index contributed by atoms with van der Waals surface area (Å²) in [4.78, 5) is 15.5. The predicted molar refractivity (Wildman–Crippen MR) is 256 cm³/mol. The van der Waals surface area contributed by atoms with Gasteiger partial charge in [-0.1, -0.05) is 152 Å². The van der Waals surface area contributed by atoms with Crippen LogP contribution in [-0.4, -0.2) is 15.0 Å². The molecule has 0 spiro atoms. The Bertz CT molecular complexity index is 3590. The molecular weight excluding hydrogens is 767 g/mol. The number of aromatic nitrogens is 3. The smallest absolute Gasteiger partial charge is 0.164 e. The van der Waals surface area contributed by atoms with Gasteiger partial charge in [-0.15, -0.1) is 22.7 Å². The van der Waals surface area contributed by atoms with Gasteiger partial charge in [0.05, 0.1) is 0 Å². The van der Waals surface area contributed by atoms with Gasteiger partial charge in [0.1, 0.15) is 0 Å². The van der Waals surface area contributed by atoms with Crippen LogP contribution in [-0.2, 0) is 0 Å². The zero-order valence-corrected chi connectivity index (χ0v) is 33.8. The van der Waals surface area contributed by atoms with Gasteiger partial charge in [-0.3, -0.25) is 0 Å². The van der Waals surface area contributed by atoms with Crippen LogP contribution in [0.25, 0.3) is 119 Å². The Labute approximate surface area is 354 Å².